The highest BCUT2D eigenvalue weighted by Gasteiger charge is 2.54. The van der Waals surface area contributed by atoms with Crippen molar-refractivity contribution < 1.29 is 32.6 Å². The molecule has 0 spiro atoms. The first kappa shape index (κ1) is 19.8. The maximum absolute atomic E-state index is 13.3. The fraction of sp³-hybridized carbons (Fsp3) is 0.556. The Balaban J connectivity index is 2.01. The lowest BCUT2D eigenvalue weighted by Gasteiger charge is -2.23. The third-order valence-electron chi connectivity index (χ3n) is 5.15. The van der Waals surface area contributed by atoms with Crippen LogP contribution in [0.3, 0.4) is 0 Å². The lowest BCUT2D eigenvalue weighted by Crippen LogP contribution is -2.38. The summed E-state index contributed by atoms with van der Waals surface area (Å²) in [7, 11) is -2.47. The largest absolute Gasteiger partial charge is 0.481 e. The summed E-state index contributed by atoms with van der Waals surface area (Å²) in [6, 6.07) is 3.43. The smallest absolute Gasteiger partial charge is 0.338 e. The first-order valence-corrected chi connectivity index (χ1v) is 10.3. The van der Waals surface area contributed by atoms with Gasteiger partial charge in [0, 0.05) is 19.2 Å². The Labute approximate surface area is 158 Å². The fourth-order valence-electron chi connectivity index (χ4n) is 4.09. The zero-order valence-corrected chi connectivity index (χ0v) is 16.1. The predicted octanol–water partition coefficient (Wildman–Crippen LogP) is 1.64. The number of methoxy groups -OCH3 is 1. The molecule has 2 bridgehead atoms. The van der Waals surface area contributed by atoms with Crippen molar-refractivity contribution in [3.05, 3.63) is 29.3 Å². The van der Waals surface area contributed by atoms with Crippen LogP contribution in [0.15, 0.2) is 23.1 Å². The second-order valence-electron chi connectivity index (χ2n) is 6.83. The van der Waals surface area contributed by atoms with Gasteiger partial charge in [-0.05, 0) is 49.9 Å². The summed E-state index contributed by atoms with van der Waals surface area (Å²) in [5.74, 6) is -2.27. The molecule has 3 rings (SSSR count). The van der Waals surface area contributed by atoms with Crippen LogP contribution in [0.2, 0.25) is 0 Å². The number of esters is 1. The van der Waals surface area contributed by atoms with Crippen LogP contribution in [0, 0.1) is 5.92 Å². The van der Waals surface area contributed by atoms with E-state index < -0.39 is 33.9 Å². The average Bonchev–Trinajstić information content (AvgIpc) is 3.21. The van der Waals surface area contributed by atoms with E-state index in [0.29, 0.717) is 24.8 Å². The maximum atomic E-state index is 13.3. The van der Waals surface area contributed by atoms with Gasteiger partial charge in [-0.3, -0.25) is 4.79 Å². The van der Waals surface area contributed by atoms with Crippen molar-refractivity contribution in [2.45, 2.75) is 49.8 Å². The minimum absolute atomic E-state index is 0.0389. The summed E-state index contributed by atoms with van der Waals surface area (Å²) in [5, 5.41) is 9.38. The van der Waals surface area contributed by atoms with Gasteiger partial charge < -0.3 is 14.6 Å². The summed E-state index contributed by atoms with van der Waals surface area (Å²) in [6.07, 6.45) is 1.50. The summed E-state index contributed by atoms with van der Waals surface area (Å²) in [5.41, 5.74) is 0.661. The van der Waals surface area contributed by atoms with E-state index in [1.54, 1.807) is 13.0 Å². The highest BCUT2D eigenvalue weighted by Crippen LogP contribution is 2.45. The molecule has 9 heteroatoms. The zero-order chi connectivity index (χ0) is 19.8. The molecule has 0 aliphatic carbocycles. The second-order valence-corrected chi connectivity index (χ2v) is 8.68. The Morgan fingerprint density at radius 2 is 2.00 bits per heavy atom. The summed E-state index contributed by atoms with van der Waals surface area (Å²) < 4.78 is 38.0. The van der Waals surface area contributed by atoms with Crippen LogP contribution in [0.1, 0.15) is 42.1 Å². The van der Waals surface area contributed by atoms with Gasteiger partial charge in [-0.2, -0.15) is 4.31 Å². The molecule has 0 aromatic heterocycles. The van der Waals surface area contributed by atoms with Crippen molar-refractivity contribution in [1.29, 1.82) is 0 Å². The lowest BCUT2D eigenvalue weighted by atomic mass is 9.89. The van der Waals surface area contributed by atoms with E-state index in [-0.39, 0.29) is 29.7 Å². The number of carboxylic acid groups (broad SMARTS) is 1. The number of aliphatic carboxylic acids is 1. The molecular formula is C18H23NO7S. The van der Waals surface area contributed by atoms with Crippen LogP contribution in [0.5, 0.6) is 0 Å². The highest BCUT2D eigenvalue weighted by atomic mass is 32.2. The average molecular weight is 397 g/mol. The Kier molecular flexibility index (Phi) is 5.55. The number of carboxylic acids is 1. The van der Waals surface area contributed by atoms with E-state index in [0.717, 1.165) is 0 Å². The van der Waals surface area contributed by atoms with E-state index in [9.17, 15) is 23.1 Å². The Hall–Kier alpha value is -1.97. The molecular weight excluding hydrogens is 374 g/mol. The molecule has 8 nitrogen and oxygen atoms in total. The summed E-state index contributed by atoms with van der Waals surface area (Å²) >= 11 is 0. The molecule has 2 fully saturated rings. The quantitative estimate of drug-likeness (QED) is 0.696. The van der Waals surface area contributed by atoms with Crippen molar-refractivity contribution in [2.75, 3.05) is 13.7 Å². The maximum Gasteiger partial charge on any atom is 0.338 e. The van der Waals surface area contributed by atoms with Gasteiger partial charge in [0.15, 0.2) is 0 Å². The van der Waals surface area contributed by atoms with Crippen molar-refractivity contribution in [2.24, 2.45) is 5.92 Å². The monoisotopic (exact) mass is 397 g/mol. The molecule has 0 radical (unpaired) electrons. The Bertz CT molecular complexity index is 851. The number of carbonyl (C=O) groups is 2. The van der Waals surface area contributed by atoms with Crippen LogP contribution >= 0.6 is 0 Å². The molecule has 3 unspecified atom stereocenters. The molecule has 2 aliphatic rings. The minimum atomic E-state index is -3.95. The minimum Gasteiger partial charge on any atom is -0.481 e. The first-order chi connectivity index (χ1) is 12.8. The van der Waals surface area contributed by atoms with Gasteiger partial charge in [0.1, 0.15) is 0 Å². The molecule has 0 saturated carbocycles. The van der Waals surface area contributed by atoms with Crippen LogP contribution in [-0.4, -0.2) is 55.6 Å². The number of rotatable bonds is 7. The number of hydrogen-bond acceptors (Lipinski definition) is 6. The molecule has 0 amide bonds. The van der Waals surface area contributed by atoms with E-state index in [4.69, 9.17) is 9.47 Å². The number of ether oxygens (including phenoxy) is 2. The molecule has 2 heterocycles. The molecule has 1 N–H and O–H groups in total. The van der Waals surface area contributed by atoms with Gasteiger partial charge in [0.05, 0.1) is 29.6 Å². The van der Waals surface area contributed by atoms with Gasteiger partial charge in [-0.1, -0.05) is 0 Å². The zero-order valence-electron chi connectivity index (χ0n) is 15.3. The number of fused-ring (bicyclic) bond motifs is 2. The topological polar surface area (TPSA) is 110 Å². The third kappa shape index (κ3) is 3.59. The number of hydrogen-bond donors (Lipinski definition) is 1. The van der Waals surface area contributed by atoms with Crippen LogP contribution < -0.4 is 0 Å². The van der Waals surface area contributed by atoms with E-state index in [1.807, 2.05) is 0 Å². The van der Waals surface area contributed by atoms with Crippen molar-refractivity contribution >= 4 is 22.0 Å². The Morgan fingerprint density at radius 1 is 1.26 bits per heavy atom. The second kappa shape index (κ2) is 7.57. The molecule has 2 saturated heterocycles. The van der Waals surface area contributed by atoms with Crippen molar-refractivity contribution in [3.63, 3.8) is 0 Å². The van der Waals surface area contributed by atoms with Gasteiger partial charge >= 0.3 is 11.9 Å². The molecule has 1 aromatic carbocycles. The normalized spacial score (nSPS) is 24.9. The van der Waals surface area contributed by atoms with Crippen LogP contribution in [0.4, 0.5) is 0 Å². The van der Waals surface area contributed by atoms with Gasteiger partial charge in [-0.25, -0.2) is 13.2 Å². The Morgan fingerprint density at radius 3 is 2.59 bits per heavy atom. The van der Waals surface area contributed by atoms with Crippen molar-refractivity contribution in [1.82, 2.24) is 4.31 Å². The number of carbonyl (C=O) groups excluding carboxylic acids is 1. The first-order valence-electron chi connectivity index (χ1n) is 8.86. The molecule has 3 atom stereocenters. The van der Waals surface area contributed by atoms with Crippen LogP contribution in [-0.2, 0) is 30.9 Å². The predicted molar refractivity (Wildman–Crippen MR) is 94.7 cm³/mol. The van der Waals surface area contributed by atoms with Crippen LogP contribution in [0.25, 0.3) is 0 Å². The highest BCUT2D eigenvalue weighted by molar-refractivity contribution is 7.89. The molecule has 2 aliphatic heterocycles. The van der Waals surface area contributed by atoms with Crippen molar-refractivity contribution in [3.8, 4) is 0 Å². The SMILES string of the molecule is CCOC(=O)c1cc(COC)cc(S(=O)(=O)N2C3CCC2C(C(=O)O)C3)c1. The van der Waals surface area contributed by atoms with Gasteiger partial charge in [0.25, 0.3) is 0 Å². The molecule has 1 aromatic rings. The molecule has 27 heavy (non-hydrogen) atoms. The van der Waals surface area contributed by atoms with E-state index in [2.05, 4.69) is 0 Å². The van der Waals surface area contributed by atoms with E-state index in [1.165, 1.54) is 23.5 Å². The summed E-state index contributed by atoms with van der Waals surface area (Å²) in [4.78, 5) is 23.6. The lowest BCUT2D eigenvalue weighted by molar-refractivity contribution is -0.142. The van der Waals surface area contributed by atoms with E-state index >= 15 is 0 Å². The standard InChI is InChI=1S/C18H23NO7S/c1-3-26-18(22)12-6-11(10-25-2)7-14(8-12)27(23,24)19-13-4-5-16(19)15(9-13)17(20)21/h6-8,13,15-16H,3-5,9-10H2,1-2H3,(H,20,21). The molecule has 148 valence electrons. The fourth-order valence-corrected chi connectivity index (χ4v) is 6.10. The third-order valence-corrected chi connectivity index (χ3v) is 7.11. The van der Waals surface area contributed by atoms with Gasteiger partial charge in [0.2, 0.25) is 10.0 Å². The number of nitrogens with zero attached hydrogens (tertiary/aromatic N) is 1. The number of sulfonamides is 1. The number of benzene rings is 1. The van der Waals surface area contributed by atoms with Gasteiger partial charge in [-0.15, -0.1) is 0 Å². The summed E-state index contributed by atoms with van der Waals surface area (Å²) in [6.45, 7) is 1.98.